The lowest BCUT2D eigenvalue weighted by molar-refractivity contribution is 0.628. The number of halogens is 2. The second kappa shape index (κ2) is 6.30. The van der Waals surface area contributed by atoms with Crippen LogP contribution in [0.4, 0.5) is 4.39 Å². The molecule has 1 unspecified atom stereocenters. The number of nitrogens with zero attached hydrogens (tertiary/aromatic N) is 1. The van der Waals surface area contributed by atoms with Crippen molar-refractivity contribution in [2.75, 3.05) is 6.54 Å². The van der Waals surface area contributed by atoms with Crippen LogP contribution in [0, 0.1) is 5.82 Å². The van der Waals surface area contributed by atoms with Crippen LogP contribution in [-0.2, 0) is 0 Å². The van der Waals surface area contributed by atoms with E-state index in [0.717, 1.165) is 22.5 Å². The third-order valence-corrected chi connectivity index (χ3v) is 3.97. The van der Waals surface area contributed by atoms with Crippen LogP contribution in [0.25, 0.3) is 11.3 Å². The number of hydrogen-bond donors (Lipinski definition) is 2. The summed E-state index contributed by atoms with van der Waals surface area (Å²) in [6.07, 6.45) is 0. The van der Waals surface area contributed by atoms with Crippen molar-refractivity contribution in [3.63, 3.8) is 0 Å². The molecule has 0 radical (unpaired) electrons. The number of aromatic nitrogens is 2. The zero-order valence-electron chi connectivity index (χ0n) is 11.8. The second-order valence-corrected chi connectivity index (χ2v) is 5.43. The third-order valence-electron chi connectivity index (χ3n) is 3.63. The van der Waals surface area contributed by atoms with Gasteiger partial charge in [0.05, 0.1) is 5.69 Å². The summed E-state index contributed by atoms with van der Waals surface area (Å²) in [4.78, 5) is 0. The second-order valence-electron chi connectivity index (χ2n) is 5.03. The molecule has 3 N–H and O–H groups in total. The number of H-pyrrole nitrogens is 1. The number of nitrogens with one attached hydrogen (secondary N) is 1. The van der Waals surface area contributed by atoms with Gasteiger partial charge in [-0.05, 0) is 42.0 Å². The lowest BCUT2D eigenvalue weighted by atomic mass is 9.95. The van der Waals surface area contributed by atoms with E-state index in [1.807, 2.05) is 30.3 Å². The summed E-state index contributed by atoms with van der Waals surface area (Å²) >= 11 is 6.26. The van der Waals surface area contributed by atoms with E-state index in [0.29, 0.717) is 11.6 Å². The first-order valence-corrected chi connectivity index (χ1v) is 7.32. The first-order chi connectivity index (χ1) is 10.7. The minimum Gasteiger partial charge on any atom is -0.329 e. The van der Waals surface area contributed by atoms with Crippen molar-refractivity contribution in [2.24, 2.45) is 5.73 Å². The van der Waals surface area contributed by atoms with Gasteiger partial charge < -0.3 is 5.73 Å². The fourth-order valence-electron chi connectivity index (χ4n) is 2.46. The molecule has 5 heteroatoms. The molecule has 0 spiro atoms. The molecule has 0 saturated heterocycles. The minimum atomic E-state index is -0.268. The van der Waals surface area contributed by atoms with Crippen LogP contribution in [-0.4, -0.2) is 16.7 Å². The van der Waals surface area contributed by atoms with Crippen LogP contribution in [0.5, 0.6) is 0 Å². The van der Waals surface area contributed by atoms with Gasteiger partial charge in [0, 0.05) is 28.7 Å². The van der Waals surface area contributed by atoms with Gasteiger partial charge in [0.25, 0.3) is 0 Å². The maximum Gasteiger partial charge on any atom is 0.123 e. The van der Waals surface area contributed by atoms with Crippen LogP contribution in [0.15, 0.2) is 54.6 Å². The van der Waals surface area contributed by atoms with Crippen LogP contribution in [0.1, 0.15) is 17.2 Å². The Morgan fingerprint density at radius 2 is 1.86 bits per heavy atom. The molecule has 3 rings (SSSR count). The monoisotopic (exact) mass is 315 g/mol. The Hall–Kier alpha value is -2.17. The number of rotatable bonds is 4. The van der Waals surface area contributed by atoms with E-state index in [4.69, 9.17) is 17.3 Å². The van der Waals surface area contributed by atoms with Crippen molar-refractivity contribution >= 4 is 11.6 Å². The molecule has 22 heavy (non-hydrogen) atoms. The summed E-state index contributed by atoms with van der Waals surface area (Å²) in [6.45, 7) is 0.411. The van der Waals surface area contributed by atoms with E-state index in [1.165, 1.54) is 12.1 Å². The average molecular weight is 316 g/mol. The Balaban J connectivity index is 1.95. The quantitative estimate of drug-likeness (QED) is 0.765. The van der Waals surface area contributed by atoms with Crippen molar-refractivity contribution in [3.8, 4) is 11.3 Å². The molecular formula is C17H15ClFN3. The Kier molecular flexibility index (Phi) is 4.22. The van der Waals surface area contributed by atoms with Gasteiger partial charge in [-0.15, -0.1) is 0 Å². The Bertz CT molecular complexity index is 768. The summed E-state index contributed by atoms with van der Waals surface area (Å²) in [5.41, 5.74) is 9.36. The highest BCUT2D eigenvalue weighted by Gasteiger charge is 2.18. The van der Waals surface area contributed by atoms with Crippen LogP contribution >= 0.6 is 11.6 Å². The summed E-state index contributed by atoms with van der Waals surface area (Å²) in [5.74, 6) is -0.328. The van der Waals surface area contributed by atoms with Crippen molar-refractivity contribution in [1.82, 2.24) is 10.2 Å². The van der Waals surface area contributed by atoms with Gasteiger partial charge in [-0.1, -0.05) is 29.8 Å². The highest BCUT2D eigenvalue weighted by molar-refractivity contribution is 6.31. The standard InChI is InChI=1S/C17H15ClFN3/c18-15-4-2-1-3-13(15)14(10-20)17-9-16(21-22-17)11-5-7-12(19)8-6-11/h1-9,14H,10,20H2,(H,21,22). The molecule has 3 nitrogen and oxygen atoms in total. The fraction of sp³-hybridized carbons (Fsp3) is 0.118. The summed E-state index contributed by atoms with van der Waals surface area (Å²) in [7, 11) is 0. The molecule has 0 aliphatic carbocycles. The van der Waals surface area contributed by atoms with Gasteiger partial charge in [-0.2, -0.15) is 5.10 Å². The zero-order valence-corrected chi connectivity index (χ0v) is 12.5. The Labute approximate surface area is 132 Å². The van der Waals surface area contributed by atoms with Gasteiger partial charge in [0.1, 0.15) is 5.82 Å². The smallest absolute Gasteiger partial charge is 0.123 e. The molecule has 2 aromatic carbocycles. The summed E-state index contributed by atoms with van der Waals surface area (Å²) in [6, 6.07) is 15.8. The topological polar surface area (TPSA) is 54.7 Å². The predicted molar refractivity (Wildman–Crippen MR) is 86.3 cm³/mol. The number of hydrogen-bond acceptors (Lipinski definition) is 2. The molecule has 1 aromatic heterocycles. The fourth-order valence-corrected chi connectivity index (χ4v) is 2.73. The van der Waals surface area contributed by atoms with E-state index in [2.05, 4.69) is 10.2 Å². The Morgan fingerprint density at radius 1 is 1.14 bits per heavy atom. The van der Waals surface area contributed by atoms with Gasteiger partial charge >= 0.3 is 0 Å². The van der Waals surface area contributed by atoms with Crippen molar-refractivity contribution in [3.05, 3.63) is 76.7 Å². The lowest BCUT2D eigenvalue weighted by Gasteiger charge is -2.14. The largest absolute Gasteiger partial charge is 0.329 e. The van der Waals surface area contributed by atoms with Crippen molar-refractivity contribution in [2.45, 2.75) is 5.92 Å². The zero-order chi connectivity index (χ0) is 15.5. The average Bonchev–Trinajstić information content (AvgIpc) is 3.00. The van der Waals surface area contributed by atoms with E-state index >= 15 is 0 Å². The Morgan fingerprint density at radius 3 is 2.55 bits per heavy atom. The first-order valence-electron chi connectivity index (χ1n) is 6.95. The minimum absolute atomic E-state index is 0.0598. The molecule has 0 amide bonds. The third kappa shape index (κ3) is 2.89. The maximum absolute atomic E-state index is 13.0. The van der Waals surface area contributed by atoms with Crippen LogP contribution in [0.2, 0.25) is 5.02 Å². The van der Waals surface area contributed by atoms with Gasteiger partial charge in [0.2, 0.25) is 0 Å². The molecule has 0 bridgehead atoms. The molecule has 112 valence electrons. The van der Waals surface area contributed by atoms with Gasteiger partial charge in [-0.3, -0.25) is 5.10 Å². The first kappa shape index (κ1) is 14.8. The highest BCUT2D eigenvalue weighted by atomic mass is 35.5. The molecule has 1 heterocycles. The molecular weight excluding hydrogens is 301 g/mol. The van der Waals surface area contributed by atoms with Crippen LogP contribution in [0.3, 0.4) is 0 Å². The van der Waals surface area contributed by atoms with E-state index in [9.17, 15) is 4.39 Å². The van der Waals surface area contributed by atoms with Crippen molar-refractivity contribution in [1.29, 1.82) is 0 Å². The molecule has 1 atom stereocenters. The molecule has 0 aliphatic heterocycles. The number of aromatic amines is 1. The van der Waals surface area contributed by atoms with E-state index in [1.54, 1.807) is 12.1 Å². The van der Waals surface area contributed by atoms with Crippen molar-refractivity contribution < 1.29 is 4.39 Å². The number of benzene rings is 2. The highest BCUT2D eigenvalue weighted by Crippen LogP contribution is 2.30. The van der Waals surface area contributed by atoms with Gasteiger partial charge in [-0.25, -0.2) is 4.39 Å². The van der Waals surface area contributed by atoms with E-state index in [-0.39, 0.29) is 11.7 Å². The van der Waals surface area contributed by atoms with Gasteiger partial charge in [0.15, 0.2) is 0 Å². The van der Waals surface area contributed by atoms with E-state index < -0.39 is 0 Å². The summed E-state index contributed by atoms with van der Waals surface area (Å²) < 4.78 is 13.0. The molecule has 0 fully saturated rings. The maximum atomic E-state index is 13.0. The molecule has 0 saturated carbocycles. The summed E-state index contributed by atoms with van der Waals surface area (Å²) in [5, 5.41) is 7.98. The van der Waals surface area contributed by atoms with Crippen LogP contribution < -0.4 is 5.73 Å². The molecule has 3 aromatic rings. The SMILES string of the molecule is NCC(c1cc(-c2ccc(F)cc2)n[nH]1)c1ccccc1Cl. The lowest BCUT2D eigenvalue weighted by Crippen LogP contribution is -2.14. The molecule has 0 aliphatic rings. The normalized spacial score (nSPS) is 12.3. The predicted octanol–water partition coefficient (Wildman–Crippen LogP) is 3.96. The number of nitrogens with two attached hydrogens (primary N) is 1.